The fourth-order valence-electron chi connectivity index (χ4n) is 2.07. The summed E-state index contributed by atoms with van der Waals surface area (Å²) in [6.07, 6.45) is 3.00. The number of carbonyl (C=O) groups is 1. The lowest BCUT2D eigenvalue weighted by atomic mass is 10.1. The minimum Gasteiger partial charge on any atom is -0.316 e. The molecule has 0 saturated carbocycles. The van der Waals surface area contributed by atoms with Crippen LogP contribution < -0.4 is 10.2 Å². The quantitative estimate of drug-likeness (QED) is 0.833. The van der Waals surface area contributed by atoms with Gasteiger partial charge in [-0.3, -0.25) is 4.79 Å². The minimum absolute atomic E-state index is 0.139. The van der Waals surface area contributed by atoms with Crippen LogP contribution in [-0.2, 0) is 4.79 Å². The summed E-state index contributed by atoms with van der Waals surface area (Å²) in [7, 11) is 1.86. The fraction of sp³-hybridized carbons (Fsp3) is 0.462. The van der Waals surface area contributed by atoms with Gasteiger partial charge in [0, 0.05) is 24.2 Å². The molecule has 2 rings (SSSR count). The number of carbonyl (C=O) groups excluding carboxylic acids is 1. The molecule has 4 heteroatoms. The number of amides is 1. The predicted octanol–water partition coefficient (Wildman–Crippen LogP) is 1.98. The third-order valence-electron chi connectivity index (χ3n) is 3.20. The second-order valence-electron chi connectivity index (χ2n) is 4.29. The van der Waals surface area contributed by atoms with Crippen LogP contribution in [0.15, 0.2) is 29.2 Å². The number of nitrogens with one attached hydrogen (secondary N) is 1. The summed E-state index contributed by atoms with van der Waals surface area (Å²) in [6, 6.07) is 8.12. The largest absolute Gasteiger partial charge is 0.316 e. The maximum atomic E-state index is 12.2. The van der Waals surface area contributed by atoms with Crippen LogP contribution in [0.4, 0.5) is 5.69 Å². The summed E-state index contributed by atoms with van der Waals surface area (Å²) in [6.45, 7) is 1.77. The zero-order valence-electron chi connectivity index (χ0n) is 10.3. The Morgan fingerprint density at radius 1 is 1.41 bits per heavy atom. The van der Waals surface area contributed by atoms with Gasteiger partial charge in [0.1, 0.15) is 0 Å². The maximum absolute atomic E-state index is 12.2. The lowest BCUT2D eigenvalue weighted by Gasteiger charge is -2.20. The van der Waals surface area contributed by atoms with Gasteiger partial charge in [0.25, 0.3) is 0 Å². The number of benzene rings is 1. The van der Waals surface area contributed by atoms with Gasteiger partial charge in [0.05, 0.1) is 5.92 Å². The highest BCUT2D eigenvalue weighted by Gasteiger charge is 2.25. The highest BCUT2D eigenvalue weighted by Crippen LogP contribution is 2.22. The average molecular weight is 250 g/mol. The van der Waals surface area contributed by atoms with Crippen molar-refractivity contribution >= 4 is 23.4 Å². The van der Waals surface area contributed by atoms with Gasteiger partial charge in [0.2, 0.25) is 5.91 Å². The molecule has 1 aromatic carbocycles. The number of hydrogen-bond donors (Lipinski definition) is 1. The van der Waals surface area contributed by atoms with E-state index in [0.29, 0.717) is 0 Å². The summed E-state index contributed by atoms with van der Waals surface area (Å²) in [4.78, 5) is 15.2. The lowest BCUT2D eigenvalue weighted by molar-refractivity contribution is -0.121. The highest BCUT2D eigenvalue weighted by molar-refractivity contribution is 7.98. The highest BCUT2D eigenvalue weighted by atomic mass is 32.2. The third-order valence-corrected chi connectivity index (χ3v) is 3.94. The summed E-state index contributed by atoms with van der Waals surface area (Å²) in [5.74, 6) is 0.354. The first-order chi connectivity index (χ1) is 8.22. The number of anilines is 1. The van der Waals surface area contributed by atoms with E-state index in [0.717, 1.165) is 25.2 Å². The van der Waals surface area contributed by atoms with Gasteiger partial charge in [0.15, 0.2) is 0 Å². The monoisotopic (exact) mass is 250 g/mol. The van der Waals surface area contributed by atoms with Crippen LogP contribution in [0.25, 0.3) is 0 Å². The van der Waals surface area contributed by atoms with E-state index in [-0.39, 0.29) is 11.8 Å². The van der Waals surface area contributed by atoms with Gasteiger partial charge in [-0.1, -0.05) is 0 Å². The summed E-state index contributed by atoms with van der Waals surface area (Å²) >= 11 is 1.71. The smallest absolute Gasteiger partial charge is 0.231 e. The molecule has 0 spiro atoms. The number of nitrogens with zero attached hydrogens (tertiary/aromatic N) is 1. The van der Waals surface area contributed by atoms with Crippen molar-refractivity contribution in [3.63, 3.8) is 0 Å². The lowest BCUT2D eigenvalue weighted by Crippen LogP contribution is -2.33. The molecule has 1 atom stereocenters. The van der Waals surface area contributed by atoms with E-state index in [9.17, 15) is 4.79 Å². The number of rotatable bonds is 3. The van der Waals surface area contributed by atoms with Crippen LogP contribution in [0, 0.1) is 5.92 Å². The van der Waals surface area contributed by atoms with E-state index in [4.69, 9.17) is 0 Å². The van der Waals surface area contributed by atoms with Crippen LogP contribution in [0.1, 0.15) is 6.42 Å². The second kappa shape index (κ2) is 5.56. The Kier molecular flexibility index (Phi) is 4.07. The fourth-order valence-corrected chi connectivity index (χ4v) is 2.48. The molecule has 1 saturated heterocycles. The SMILES string of the molecule is CSc1ccc(N(C)C(=O)C2CCNC2)cc1. The Labute approximate surface area is 107 Å². The van der Waals surface area contributed by atoms with Crippen molar-refractivity contribution in [1.82, 2.24) is 5.32 Å². The third kappa shape index (κ3) is 2.82. The van der Waals surface area contributed by atoms with Crippen molar-refractivity contribution in [3.05, 3.63) is 24.3 Å². The molecule has 0 bridgehead atoms. The number of hydrogen-bond acceptors (Lipinski definition) is 3. The molecule has 1 aliphatic heterocycles. The molecule has 0 radical (unpaired) electrons. The van der Waals surface area contributed by atoms with E-state index in [1.807, 2.05) is 25.4 Å². The molecular weight excluding hydrogens is 232 g/mol. The van der Waals surface area contributed by atoms with E-state index in [1.165, 1.54) is 4.90 Å². The molecule has 1 fully saturated rings. The van der Waals surface area contributed by atoms with Crippen molar-refractivity contribution in [1.29, 1.82) is 0 Å². The molecule has 1 heterocycles. The molecule has 3 nitrogen and oxygen atoms in total. The van der Waals surface area contributed by atoms with E-state index in [1.54, 1.807) is 16.7 Å². The van der Waals surface area contributed by atoms with E-state index in [2.05, 4.69) is 17.4 Å². The van der Waals surface area contributed by atoms with Crippen LogP contribution in [-0.4, -0.2) is 32.3 Å². The molecule has 17 heavy (non-hydrogen) atoms. The first kappa shape index (κ1) is 12.5. The van der Waals surface area contributed by atoms with Gasteiger partial charge in [-0.2, -0.15) is 0 Å². The molecule has 1 N–H and O–H groups in total. The van der Waals surface area contributed by atoms with Gasteiger partial charge in [-0.15, -0.1) is 11.8 Å². The van der Waals surface area contributed by atoms with Crippen molar-refractivity contribution in [2.45, 2.75) is 11.3 Å². The van der Waals surface area contributed by atoms with Crippen LogP contribution in [0.2, 0.25) is 0 Å². The van der Waals surface area contributed by atoms with Crippen molar-refractivity contribution in [2.24, 2.45) is 5.92 Å². The Bertz CT molecular complexity index is 385. The molecule has 1 aliphatic rings. The zero-order chi connectivity index (χ0) is 12.3. The minimum atomic E-state index is 0.139. The predicted molar refractivity (Wildman–Crippen MR) is 72.6 cm³/mol. The molecule has 0 aliphatic carbocycles. The molecule has 1 aromatic rings. The normalized spacial score (nSPS) is 19.3. The summed E-state index contributed by atoms with van der Waals surface area (Å²) in [5.41, 5.74) is 0.972. The zero-order valence-corrected chi connectivity index (χ0v) is 11.1. The van der Waals surface area contributed by atoms with E-state index >= 15 is 0 Å². The van der Waals surface area contributed by atoms with Crippen LogP contribution >= 0.6 is 11.8 Å². The van der Waals surface area contributed by atoms with Gasteiger partial charge in [-0.05, 0) is 43.5 Å². The van der Waals surface area contributed by atoms with Crippen LogP contribution in [0.3, 0.4) is 0 Å². The topological polar surface area (TPSA) is 32.3 Å². The van der Waals surface area contributed by atoms with Gasteiger partial charge in [-0.25, -0.2) is 0 Å². The standard InChI is InChI=1S/C13H18N2OS/c1-15(13(16)10-7-8-14-9-10)11-3-5-12(17-2)6-4-11/h3-6,10,14H,7-9H2,1-2H3. The van der Waals surface area contributed by atoms with Crippen molar-refractivity contribution in [2.75, 3.05) is 31.3 Å². The maximum Gasteiger partial charge on any atom is 0.231 e. The first-order valence-corrected chi connectivity index (χ1v) is 7.07. The van der Waals surface area contributed by atoms with E-state index < -0.39 is 0 Å². The summed E-state index contributed by atoms with van der Waals surface area (Å²) < 4.78 is 0. The Morgan fingerprint density at radius 2 is 2.12 bits per heavy atom. The Balaban J connectivity index is 2.07. The molecule has 92 valence electrons. The van der Waals surface area contributed by atoms with Crippen LogP contribution in [0.5, 0.6) is 0 Å². The first-order valence-electron chi connectivity index (χ1n) is 5.84. The molecular formula is C13H18N2OS. The number of thioether (sulfide) groups is 1. The molecule has 1 amide bonds. The summed E-state index contributed by atoms with van der Waals surface area (Å²) in [5, 5.41) is 3.23. The van der Waals surface area contributed by atoms with Crippen molar-refractivity contribution < 1.29 is 4.79 Å². The Morgan fingerprint density at radius 3 is 2.65 bits per heavy atom. The molecule has 0 aromatic heterocycles. The van der Waals surface area contributed by atoms with Gasteiger partial charge < -0.3 is 10.2 Å². The van der Waals surface area contributed by atoms with Gasteiger partial charge >= 0.3 is 0 Å². The average Bonchev–Trinajstić information content (AvgIpc) is 2.91. The second-order valence-corrected chi connectivity index (χ2v) is 5.16. The Hall–Kier alpha value is -1.00. The van der Waals surface area contributed by atoms with Crippen molar-refractivity contribution in [3.8, 4) is 0 Å². The molecule has 1 unspecified atom stereocenters.